The van der Waals surface area contributed by atoms with E-state index in [-0.39, 0.29) is 18.0 Å². The lowest BCUT2D eigenvalue weighted by Crippen LogP contribution is -2.46. The number of hydrogen-bond donors (Lipinski definition) is 0. The lowest BCUT2D eigenvalue weighted by Gasteiger charge is -2.28. The van der Waals surface area contributed by atoms with Crippen LogP contribution < -0.4 is 4.74 Å². The van der Waals surface area contributed by atoms with Crippen LogP contribution in [0.1, 0.15) is 26.5 Å². The van der Waals surface area contributed by atoms with Gasteiger partial charge in [-0.2, -0.15) is 13.2 Å². The maximum Gasteiger partial charge on any atom is 0.427 e. The van der Waals surface area contributed by atoms with E-state index in [1.54, 1.807) is 20.8 Å². The fourth-order valence-corrected chi connectivity index (χ4v) is 2.30. The molecule has 0 N–H and O–H groups in total. The first kappa shape index (κ1) is 17.8. The summed E-state index contributed by atoms with van der Waals surface area (Å²) in [5, 5.41) is 0. The predicted octanol–water partition coefficient (Wildman–Crippen LogP) is 3.90. The molecule has 2 rings (SSSR count). The number of carbonyl (C=O) groups is 1. The van der Waals surface area contributed by atoms with E-state index in [2.05, 4.69) is 20.9 Å². The van der Waals surface area contributed by atoms with E-state index in [9.17, 15) is 18.0 Å². The van der Waals surface area contributed by atoms with Crippen LogP contribution in [0.2, 0.25) is 0 Å². The van der Waals surface area contributed by atoms with Crippen LogP contribution in [0.3, 0.4) is 0 Å². The van der Waals surface area contributed by atoms with Gasteiger partial charge in [-0.05, 0) is 48.8 Å². The molecule has 128 valence electrons. The van der Waals surface area contributed by atoms with Crippen molar-refractivity contribution in [2.45, 2.75) is 45.2 Å². The minimum absolute atomic E-state index is 0.00147. The van der Waals surface area contributed by atoms with Crippen LogP contribution in [0.5, 0.6) is 5.75 Å². The van der Waals surface area contributed by atoms with Crippen molar-refractivity contribution in [1.82, 2.24) is 9.88 Å². The molecule has 0 saturated carbocycles. The number of hydrogen-bond acceptors (Lipinski definition) is 4. The number of amides is 1. The first-order valence-electron chi connectivity index (χ1n) is 6.82. The third-order valence-corrected chi connectivity index (χ3v) is 3.35. The van der Waals surface area contributed by atoms with E-state index in [1.807, 2.05) is 0 Å². The summed E-state index contributed by atoms with van der Waals surface area (Å²) in [6.45, 7) is 4.14. The number of ether oxygens (including phenoxy) is 2. The van der Waals surface area contributed by atoms with Gasteiger partial charge in [0.1, 0.15) is 21.6 Å². The smallest absolute Gasteiger partial charge is 0.427 e. The Morgan fingerprint density at radius 3 is 2.61 bits per heavy atom. The van der Waals surface area contributed by atoms with Crippen LogP contribution in [0, 0.1) is 0 Å². The minimum atomic E-state index is -4.62. The molecule has 2 heterocycles. The average Bonchev–Trinajstić information content (AvgIpc) is 2.55. The molecule has 0 fully saturated rings. The number of nitrogens with zero attached hydrogens (tertiary/aromatic N) is 2. The summed E-state index contributed by atoms with van der Waals surface area (Å²) in [5.74, 6) is 0.00147. The highest BCUT2D eigenvalue weighted by molar-refractivity contribution is 9.10. The number of fused-ring (bicyclic) bond motifs is 1. The molecule has 0 saturated heterocycles. The van der Waals surface area contributed by atoms with Crippen molar-refractivity contribution in [3.63, 3.8) is 0 Å². The molecule has 0 radical (unpaired) electrons. The fourth-order valence-electron chi connectivity index (χ4n) is 1.95. The quantitative estimate of drug-likeness (QED) is 0.624. The van der Waals surface area contributed by atoms with Gasteiger partial charge in [0.25, 0.3) is 0 Å². The van der Waals surface area contributed by atoms with E-state index in [4.69, 9.17) is 9.47 Å². The zero-order valence-corrected chi connectivity index (χ0v) is 14.4. The molecule has 0 spiro atoms. The molecule has 1 aliphatic rings. The van der Waals surface area contributed by atoms with Crippen molar-refractivity contribution in [2.24, 2.45) is 0 Å². The van der Waals surface area contributed by atoms with Crippen molar-refractivity contribution in [2.75, 3.05) is 6.54 Å². The second kappa shape index (κ2) is 6.18. The number of carbonyl (C=O) groups excluding carboxylic acids is 1. The number of aromatic nitrogens is 1. The summed E-state index contributed by atoms with van der Waals surface area (Å²) in [7, 11) is 0. The highest BCUT2D eigenvalue weighted by Crippen LogP contribution is 2.32. The van der Waals surface area contributed by atoms with Gasteiger partial charge in [0.2, 0.25) is 6.10 Å². The molecule has 1 amide bonds. The van der Waals surface area contributed by atoms with Crippen molar-refractivity contribution < 1.29 is 27.4 Å². The zero-order valence-electron chi connectivity index (χ0n) is 12.8. The van der Waals surface area contributed by atoms with E-state index < -0.39 is 30.5 Å². The minimum Gasteiger partial charge on any atom is -0.477 e. The second-order valence-electron chi connectivity index (χ2n) is 6.09. The summed E-state index contributed by atoms with van der Waals surface area (Å²) >= 11 is 3.15. The second-order valence-corrected chi connectivity index (χ2v) is 6.90. The summed E-state index contributed by atoms with van der Waals surface area (Å²) < 4.78 is 50.0. The lowest BCUT2D eigenvalue weighted by atomic mass is 10.2. The van der Waals surface area contributed by atoms with E-state index in [1.165, 1.54) is 12.1 Å². The Balaban J connectivity index is 2.34. The molecule has 1 aromatic rings. The standard InChI is InChI=1S/C14H16BrF3N2O3/c1-13(2,3)23-12(21)20-6-8-9(4-5-11(15)19-8)22-10(7-20)14(16,17)18/h4-5,10H,6-7H2,1-3H3/t10-/m1/s1. The Labute approximate surface area is 139 Å². The molecule has 0 unspecified atom stereocenters. The number of alkyl halides is 3. The highest BCUT2D eigenvalue weighted by Gasteiger charge is 2.46. The molecular weight excluding hydrogens is 381 g/mol. The largest absolute Gasteiger partial charge is 0.477 e. The van der Waals surface area contributed by atoms with Gasteiger partial charge >= 0.3 is 12.3 Å². The van der Waals surface area contributed by atoms with Gasteiger partial charge in [-0.15, -0.1) is 0 Å². The Morgan fingerprint density at radius 2 is 2.04 bits per heavy atom. The molecule has 1 atom stereocenters. The van der Waals surface area contributed by atoms with Gasteiger partial charge in [0.05, 0.1) is 13.1 Å². The van der Waals surface area contributed by atoms with Gasteiger partial charge in [-0.1, -0.05) is 0 Å². The summed E-state index contributed by atoms with van der Waals surface area (Å²) in [4.78, 5) is 17.2. The Kier molecular flexibility index (Phi) is 4.79. The van der Waals surface area contributed by atoms with Crippen LogP contribution in [0.15, 0.2) is 16.7 Å². The Hall–Kier alpha value is -1.51. The maximum absolute atomic E-state index is 13.1. The van der Waals surface area contributed by atoms with Crippen molar-refractivity contribution in [3.8, 4) is 5.75 Å². The fraction of sp³-hybridized carbons (Fsp3) is 0.571. The third kappa shape index (κ3) is 4.73. The molecule has 0 bridgehead atoms. The molecule has 1 aromatic heterocycles. The molecule has 23 heavy (non-hydrogen) atoms. The normalized spacial score (nSPS) is 18.7. The van der Waals surface area contributed by atoms with Crippen LogP contribution in [0.4, 0.5) is 18.0 Å². The van der Waals surface area contributed by atoms with Crippen LogP contribution in [-0.4, -0.2) is 40.4 Å². The third-order valence-electron chi connectivity index (χ3n) is 2.91. The monoisotopic (exact) mass is 396 g/mol. The van der Waals surface area contributed by atoms with Gasteiger partial charge < -0.3 is 9.47 Å². The molecule has 9 heteroatoms. The van der Waals surface area contributed by atoms with Crippen LogP contribution >= 0.6 is 15.9 Å². The lowest BCUT2D eigenvalue weighted by molar-refractivity contribution is -0.197. The van der Waals surface area contributed by atoms with E-state index in [0.717, 1.165) is 4.90 Å². The molecule has 0 aliphatic carbocycles. The van der Waals surface area contributed by atoms with Gasteiger partial charge in [0.15, 0.2) is 0 Å². The van der Waals surface area contributed by atoms with E-state index >= 15 is 0 Å². The van der Waals surface area contributed by atoms with Crippen molar-refractivity contribution >= 4 is 22.0 Å². The van der Waals surface area contributed by atoms with Crippen LogP contribution in [-0.2, 0) is 11.3 Å². The zero-order chi connectivity index (χ0) is 17.4. The topological polar surface area (TPSA) is 51.7 Å². The van der Waals surface area contributed by atoms with Gasteiger partial charge in [-0.25, -0.2) is 9.78 Å². The summed E-state index contributed by atoms with van der Waals surface area (Å²) in [6.07, 6.45) is -7.60. The summed E-state index contributed by atoms with van der Waals surface area (Å²) in [6, 6.07) is 2.87. The van der Waals surface area contributed by atoms with E-state index in [0.29, 0.717) is 4.60 Å². The molecule has 1 aliphatic heterocycles. The van der Waals surface area contributed by atoms with Gasteiger partial charge in [0, 0.05) is 0 Å². The average molecular weight is 397 g/mol. The summed E-state index contributed by atoms with van der Waals surface area (Å²) in [5.41, 5.74) is -0.581. The number of halogens is 4. The molecule has 0 aromatic carbocycles. The first-order chi connectivity index (χ1) is 10.5. The Morgan fingerprint density at radius 1 is 1.39 bits per heavy atom. The first-order valence-corrected chi connectivity index (χ1v) is 7.62. The van der Waals surface area contributed by atoms with Crippen molar-refractivity contribution in [3.05, 3.63) is 22.4 Å². The number of pyridine rings is 1. The van der Waals surface area contributed by atoms with Crippen molar-refractivity contribution in [1.29, 1.82) is 0 Å². The SMILES string of the molecule is CC(C)(C)OC(=O)N1Cc2nc(Br)ccc2O[C@@H](C(F)(F)F)C1. The molecular formula is C14H16BrF3N2O3. The maximum atomic E-state index is 13.1. The van der Waals surface area contributed by atoms with Gasteiger partial charge in [-0.3, -0.25) is 4.90 Å². The molecule has 5 nitrogen and oxygen atoms in total. The predicted molar refractivity (Wildman–Crippen MR) is 79.1 cm³/mol. The van der Waals surface area contributed by atoms with Crippen LogP contribution in [0.25, 0.3) is 0 Å². The number of rotatable bonds is 0. The Bertz CT molecular complexity index is 602. The highest BCUT2D eigenvalue weighted by atomic mass is 79.9.